The van der Waals surface area contributed by atoms with E-state index < -0.39 is 29.2 Å². The molecule has 31 heavy (non-hydrogen) atoms. The lowest BCUT2D eigenvalue weighted by Crippen LogP contribution is -2.62. The van der Waals surface area contributed by atoms with E-state index in [1.165, 1.54) is 34.1 Å². The van der Waals surface area contributed by atoms with Crippen LogP contribution in [-0.2, 0) is 15.7 Å². The van der Waals surface area contributed by atoms with E-state index >= 15 is 0 Å². The summed E-state index contributed by atoms with van der Waals surface area (Å²) < 4.78 is 58.3. The van der Waals surface area contributed by atoms with Gasteiger partial charge in [0, 0.05) is 12.2 Å². The number of pyridine rings is 1. The molecule has 1 unspecified atom stereocenters. The maximum atomic E-state index is 13.6. The van der Waals surface area contributed by atoms with Gasteiger partial charge in [-0.1, -0.05) is 12.1 Å². The highest BCUT2D eigenvalue weighted by atomic mass is 19.4. The first-order chi connectivity index (χ1) is 14.7. The molecule has 1 atom stereocenters. The van der Waals surface area contributed by atoms with Gasteiger partial charge in [-0.3, -0.25) is 9.59 Å². The monoisotopic (exact) mass is 437 g/mol. The Bertz CT molecular complexity index is 1010. The van der Waals surface area contributed by atoms with Crippen LogP contribution in [0.3, 0.4) is 0 Å². The van der Waals surface area contributed by atoms with E-state index in [0.29, 0.717) is 25.1 Å². The molecule has 3 heterocycles. The van der Waals surface area contributed by atoms with Gasteiger partial charge < -0.3 is 14.5 Å². The summed E-state index contributed by atoms with van der Waals surface area (Å²) in [5, 5.41) is 0. The summed E-state index contributed by atoms with van der Waals surface area (Å²) in [4.78, 5) is 31.5. The predicted octanol–water partition coefficient (Wildman–Crippen LogP) is 3.28. The summed E-state index contributed by atoms with van der Waals surface area (Å²) in [6.07, 6.45) is -3.57. The van der Waals surface area contributed by atoms with Crippen molar-refractivity contribution in [1.29, 1.82) is 0 Å². The number of benzene rings is 1. The predicted molar refractivity (Wildman–Crippen MR) is 102 cm³/mol. The number of hydrogen-bond donors (Lipinski definition) is 0. The maximum absolute atomic E-state index is 13.6. The molecule has 2 aromatic rings. The second kappa shape index (κ2) is 7.92. The van der Waals surface area contributed by atoms with E-state index in [9.17, 15) is 27.2 Å². The number of halogens is 4. The molecule has 0 aliphatic carbocycles. The number of likely N-dealkylation sites (tertiary alicyclic amines) is 1. The number of carbonyl (C=O) groups is 2. The van der Waals surface area contributed by atoms with E-state index in [1.54, 1.807) is 6.07 Å². The van der Waals surface area contributed by atoms with Crippen molar-refractivity contribution in [2.24, 2.45) is 0 Å². The van der Waals surface area contributed by atoms with Gasteiger partial charge in [-0.05, 0) is 43.2 Å². The number of rotatable bonds is 2. The number of aromatic nitrogens is 1. The fraction of sp³-hybridized carbons (Fsp3) is 0.381. The molecule has 0 N–H and O–H groups in total. The lowest BCUT2D eigenvalue weighted by Gasteiger charge is -2.47. The third-order valence-electron chi connectivity index (χ3n) is 5.45. The van der Waals surface area contributed by atoms with Crippen molar-refractivity contribution >= 4 is 17.5 Å². The standard InChI is InChI=1S/C21H19F4N3O3/c22-14-4-1-5-15(10-14)28-13-20(31-11-18(28)29)8-3-9-27(12-20)19(30)16-6-2-7-17(26-16)21(23,24)25/h1-2,4-7,10H,3,8-9,11-13H2. The minimum absolute atomic E-state index is 0.0862. The average Bonchev–Trinajstić information content (AvgIpc) is 2.75. The van der Waals surface area contributed by atoms with Crippen molar-refractivity contribution in [2.75, 3.05) is 31.1 Å². The molecule has 10 heteroatoms. The van der Waals surface area contributed by atoms with Gasteiger partial charge in [0.05, 0.1) is 13.1 Å². The molecule has 0 radical (unpaired) electrons. The first-order valence-corrected chi connectivity index (χ1v) is 9.70. The average molecular weight is 437 g/mol. The summed E-state index contributed by atoms with van der Waals surface area (Å²) >= 11 is 0. The highest BCUT2D eigenvalue weighted by Gasteiger charge is 2.45. The van der Waals surface area contributed by atoms with Crippen LogP contribution in [0.25, 0.3) is 0 Å². The van der Waals surface area contributed by atoms with Crippen LogP contribution < -0.4 is 4.90 Å². The molecule has 2 amide bonds. The van der Waals surface area contributed by atoms with Crippen LogP contribution in [0, 0.1) is 5.82 Å². The van der Waals surface area contributed by atoms with Gasteiger partial charge in [0.1, 0.15) is 29.4 Å². The van der Waals surface area contributed by atoms with Crippen molar-refractivity contribution in [3.63, 3.8) is 0 Å². The summed E-state index contributed by atoms with van der Waals surface area (Å²) in [5.41, 5.74) is -1.95. The normalized spacial score (nSPS) is 22.1. The topological polar surface area (TPSA) is 62.7 Å². The highest BCUT2D eigenvalue weighted by molar-refractivity contribution is 5.95. The second-order valence-corrected chi connectivity index (χ2v) is 7.67. The van der Waals surface area contributed by atoms with Gasteiger partial charge >= 0.3 is 6.18 Å². The Hall–Kier alpha value is -3.01. The van der Waals surface area contributed by atoms with Crippen LogP contribution in [0.15, 0.2) is 42.5 Å². The molecule has 4 rings (SSSR count). The molecule has 2 fully saturated rings. The third-order valence-corrected chi connectivity index (χ3v) is 5.45. The van der Waals surface area contributed by atoms with Crippen LogP contribution >= 0.6 is 0 Å². The molecule has 2 saturated heterocycles. The van der Waals surface area contributed by atoms with Crippen LogP contribution in [0.2, 0.25) is 0 Å². The first kappa shape index (κ1) is 21.2. The van der Waals surface area contributed by atoms with Crippen LogP contribution in [0.5, 0.6) is 0 Å². The Morgan fingerprint density at radius 2 is 1.90 bits per heavy atom. The summed E-state index contributed by atoms with van der Waals surface area (Å²) in [6, 6.07) is 8.81. The quantitative estimate of drug-likeness (QED) is 0.677. The molecular weight excluding hydrogens is 418 g/mol. The van der Waals surface area contributed by atoms with Crippen LogP contribution in [0.4, 0.5) is 23.2 Å². The maximum Gasteiger partial charge on any atom is 0.433 e. The van der Waals surface area contributed by atoms with Gasteiger partial charge in [-0.2, -0.15) is 13.2 Å². The zero-order valence-corrected chi connectivity index (χ0v) is 16.4. The lowest BCUT2D eigenvalue weighted by molar-refractivity contribution is -0.144. The van der Waals surface area contributed by atoms with Gasteiger partial charge in [0.2, 0.25) is 0 Å². The van der Waals surface area contributed by atoms with Crippen molar-refractivity contribution in [2.45, 2.75) is 24.6 Å². The number of hydrogen-bond acceptors (Lipinski definition) is 4. The fourth-order valence-electron chi connectivity index (χ4n) is 3.99. The molecule has 0 bridgehead atoms. The van der Waals surface area contributed by atoms with Gasteiger partial charge in [0.15, 0.2) is 0 Å². The van der Waals surface area contributed by atoms with Gasteiger partial charge in [-0.25, -0.2) is 9.37 Å². The van der Waals surface area contributed by atoms with Gasteiger partial charge in [-0.15, -0.1) is 0 Å². The zero-order chi connectivity index (χ0) is 22.2. The molecule has 1 aromatic heterocycles. The number of nitrogens with zero attached hydrogens (tertiary/aromatic N) is 3. The first-order valence-electron chi connectivity index (χ1n) is 9.70. The Balaban J connectivity index is 1.55. The van der Waals surface area contributed by atoms with Crippen molar-refractivity contribution in [3.05, 3.63) is 59.7 Å². The van der Waals surface area contributed by atoms with Crippen LogP contribution in [0.1, 0.15) is 29.0 Å². The van der Waals surface area contributed by atoms with Crippen LogP contribution in [-0.4, -0.2) is 53.5 Å². The Morgan fingerprint density at radius 3 is 2.65 bits per heavy atom. The van der Waals surface area contributed by atoms with Gasteiger partial charge in [0.25, 0.3) is 11.8 Å². The molecule has 0 saturated carbocycles. The van der Waals surface area contributed by atoms with E-state index in [-0.39, 0.29) is 31.3 Å². The SMILES string of the molecule is O=C(c1cccc(C(F)(F)F)n1)N1CCCC2(C1)CN(c1cccc(F)c1)C(=O)CO2. The molecular formula is C21H19F4N3O3. The number of anilines is 1. The highest BCUT2D eigenvalue weighted by Crippen LogP contribution is 2.33. The number of alkyl halides is 3. The van der Waals surface area contributed by atoms with E-state index in [1.807, 2.05) is 0 Å². The molecule has 2 aliphatic rings. The van der Waals surface area contributed by atoms with Crippen molar-refractivity contribution in [3.8, 4) is 0 Å². The number of carbonyl (C=O) groups excluding carboxylic acids is 2. The van der Waals surface area contributed by atoms with E-state index in [2.05, 4.69) is 4.98 Å². The minimum Gasteiger partial charge on any atom is -0.361 e. The Morgan fingerprint density at radius 1 is 1.13 bits per heavy atom. The van der Waals surface area contributed by atoms with E-state index in [4.69, 9.17) is 4.74 Å². The molecule has 164 valence electrons. The molecule has 1 spiro atoms. The lowest BCUT2D eigenvalue weighted by atomic mass is 9.90. The van der Waals surface area contributed by atoms with Crippen molar-refractivity contribution < 1.29 is 31.9 Å². The number of ether oxygens (including phenoxy) is 1. The summed E-state index contributed by atoms with van der Waals surface area (Å²) in [6.45, 7) is 0.286. The van der Waals surface area contributed by atoms with E-state index in [0.717, 1.165) is 12.1 Å². The smallest absolute Gasteiger partial charge is 0.361 e. The number of amides is 2. The third kappa shape index (κ3) is 4.39. The van der Waals surface area contributed by atoms with Crippen molar-refractivity contribution in [1.82, 2.24) is 9.88 Å². The summed E-state index contributed by atoms with van der Waals surface area (Å²) in [5.74, 6) is -1.45. The Labute approximate surface area is 175 Å². The minimum atomic E-state index is -4.66. The largest absolute Gasteiger partial charge is 0.433 e. The fourth-order valence-corrected chi connectivity index (χ4v) is 3.99. The number of morpholine rings is 1. The number of piperidine rings is 1. The molecule has 2 aliphatic heterocycles. The molecule has 1 aromatic carbocycles. The summed E-state index contributed by atoms with van der Waals surface area (Å²) in [7, 11) is 0. The second-order valence-electron chi connectivity index (χ2n) is 7.67. The zero-order valence-electron chi connectivity index (χ0n) is 16.4. The Kier molecular flexibility index (Phi) is 5.42. The molecule has 6 nitrogen and oxygen atoms in total.